The number of aromatic amines is 1. The van der Waals surface area contributed by atoms with E-state index in [1.54, 1.807) is 18.3 Å². The molecule has 0 radical (unpaired) electrons. The number of nitrogens with one attached hydrogen (secondary N) is 1. The average Bonchev–Trinajstić information content (AvgIpc) is 3.20. The summed E-state index contributed by atoms with van der Waals surface area (Å²) in [6.07, 6.45) is 10.7. The molecular weight excluding hydrogens is 437 g/mol. The number of pyridine rings is 2. The van der Waals surface area contributed by atoms with Crippen LogP contribution in [0.15, 0.2) is 90.0 Å². The highest BCUT2D eigenvalue weighted by Crippen LogP contribution is 2.33. The van der Waals surface area contributed by atoms with E-state index in [1.807, 2.05) is 42.7 Å². The molecule has 0 bridgehead atoms. The number of nitrogens with two attached hydrogens (primary N) is 1. The summed E-state index contributed by atoms with van der Waals surface area (Å²) in [5, 5.41) is 0. The lowest BCUT2D eigenvalue weighted by atomic mass is 9.93. The van der Waals surface area contributed by atoms with Gasteiger partial charge in [0, 0.05) is 65.1 Å². The van der Waals surface area contributed by atoms with Gasteiger partial charge in [-0.3, -0.25) is 15.0 Å². The number of halogens is 1. The van der Waals surface area contributed by atoms with Crippen LogP contribution in [0.5, 0.6) is 0 Å². The molecule has 0 amide bonds. The molecule has 35 heavy (non-hydrogen) atoms. The second-order valence-corrected chi connectivity index (χ2v) is 9.08. The van der Waals surface area contributed by atoms with Crippen molar-refractivity contribution >= 4 is 11.3 Å². The van der Waals surface area contributed by atoms with E-state index < -0.39 is 0 Å². The van der Waals surface area contributed by atoms with E-state index in [4.69, 9.17) is 15.7 Å². The summed E-state index contributed by atoms with van der Waals surface area (Å²) in [6, 6.07) is 15.0. The number of rotatable bonds is 3. The SMILES string of the molecule is CC1Cc2ncc(-c3cccnc3)cc2C(c2cc3c([nH]2)CC(N)=CC=C3c2cccc(F)c2)=N1. The number of benzene rings is 1. The number of fused-ring (bicyclic) bond motifs is 2. The third-order valence-corrected chi connectivity index (χ3v) is 6.48. The van der Waals surface area contributed by atoms with Gasteiger partial charge in [-0.2, -0.15) is 0 Å². The highest BCUT2D eigenvalue weighted by molar-refractivity contribution is 6.14. The minimum absolute atomic E-state index is 0.112. The maximum absolute atomic E-state index is 14.1. The van der Waals surface area contributed by atoms with Crippen molar-refractivity contribution in [1.82, 2.24) is 15.0 Å². The maximum atomic E-state index is 14.1. The maximum Gasteiger partial charge on any atom is 0.123 e. The van der Waals surface area contributed by atoms with Crippen LogP contribution in [0, 0.1) is 5.82 Å². The fourth-order valence-electron chi connectivity index (χ4n) is 4.84. The number of nitrogens with zero attached hydrogens (tertiary/aromatic N) is 3. The van der Waals surface area contributed by atoms with Crippen LogP contribution in [-0.2, 0) is 12.8 Å². The lowest BCUT2D eigenvalue weighted by Gasteiger charge is -2.20. The van der Waals surface area contributed by atoms with E-state index in [0.29, 0.717) is 6.42 Å². The number of aliphatic imine (C=N–C) groups is 1. The summed E-state index contributed by atoms with van der Waals surface area (Å²) in [5.74, 6) is -0.268. The van der Waals surface area contributed by atoms with E-state index in [-0.39, 0.29) is 11.9 Å². The fourth-order valence-corrected chi connectivity index (χ4v) is 4.84. The van der Waals surface area contributed by atoms with Gasteiger partial charge in [0.1, 0.15) is 5.82 Å². The predicted octanol–water partition coefficient (Wildman–Crippen LogP) is 5.22. The summed E-state index contributed by atoms with van der Waals surface area (Å²) < 4.78 is 14.1. The van der Waals surface area contributed by atoms with Crippen molar-refractivity contribution in [2.24, 2.45) is 10.7 Å². The second kappa shape index (κ2) is 8.47. The van der Waals surface area contributed by atoms with Gasteiger partial charge in [-0.25, -0.2) is 4.39 Å². The molecular formula is C29H24FN5. The van der Waals surface area contributed by atoms with E-state index in [2.05, 4.69) is 29.0 Å². The van der Waals surface area contributed by atoms with Crippen LogP contribution in [0.2, 0.25) is 0 Å². The molecule has 0 spiro atoms. The summed E-state index contributed by atoms with van der Waals surface area (Å²) in [7, 11) is 0. The van der Waals surface area contributed by atoms with Crippen molar-refractivity contribution in [3.05, 3.63) is 125 Å². The van der Waals surface area contributed by atoms with Crippen molar-refractivity contribution in [3.63, 3.8) is 0 Å². The molecule has 3 N–H and O–H groups in total. The Hall–Kier alpha value is -4.32. The quantitative estimate of drug-likeness (QED) is 0.439. The second-order valence-electron chi connectivity index (χ2n) is 9.08. The predicted molar refractivity (Wildman–Crippen MR) is 137 cm³/mol. The first-order chi connectivity index (χ1) is 17.0. The molecule has 1 aliphatic carbocycles. The van der Waals surface area contributed by atoms with Gasteiger partial charge in [0.25, 0.3) is 0 Å². The minimum atomic E-state index is -0.268. The van der Waals surface area contributed by atoms with E-state index in [0.717, 1.165) is 68.3 Å². The van der Waals surface area contributed by atoms with Crippen LogP contribution >= 0.6 is 0 Å². The Morgan fingerprint density at radius 2 is 1.86 bits per heavy atom. The normalized spacial score (nSPS) is 17.0. The van der Waals surface area contributed by atoms with Crippen molar-refractivity contribution < 1.29 is 4.39 Å². The molecule has 0 saturated carbocycles. The molecule has 0 fully saturated rings. The van der Waals surface area contributed by atoms with Gasteiger partial charge < -0.3 is 10.7 Å². The van der Waals surface area contributed by atoms with Crippen LogP contribution in [0.3, 0.4) is 0 Å². The molecule has 2 aliphatic rings. The number of H-pyrrole nitrogens is 1. The van der Waals surface area contributed by atoms with Gasteiger partial charge in [-0.15, -0.1) is 0 Å². The number of hydrogen-bond acceptors (Lipinski definition) is 4. The monoisotopic (exact) mass is 461 g/mol. The highest BCUT2D eigenvalue weighted by Gasteiger charge is 2.25. The zero-order chi connectivity index (χ0) is 23.9. The standard InChI is InChI=1S/C29H24FN5/c1-17-10-26-25(12-20(16-33-26)19-5-3-9-32-15-19)29(34-17)28-14-24-23(18-4-2-6-21(30)11-18)8-7-22(31)13-27(24)35-28/h2-9,11-12,14-17,35H,10,13,31H2,1H3. The fraction of sp³-hybridized carbons (Fsp3) is 0.138. The first-order valence-corrected chi connectivity index (χ1v) is 11.7. The molecule has 3 aromatic heterocycles. The van der Waals surface area contributed by atoms with Crippen molar-refractivity contribution in [2.45, 2.75) is 25.8 Å². The first kappa shape index (κ1) is 21.2. The molecule has 6 rings (SSSR count). The van der Waals surface area contributed by atoms with Gasteiger partial charge in [0.2, 0.25) is 0 Å². The van der Waals surface area contributed by atoms with Crippen LogP contribution in [0.1, 0.15) is 40.7 Å². The Balaban J connectivity index is 1.48. The zero-order valence-electron chi connectivity index (χ0n) is 19.3. The van der Waals surface area contributed by atoms with Gasteiger partial charge in [-0.1, -0.05) is 24.3 Å². The number of allylic oxidation sites excluding steroid dienone is 3. The Kier molecular flexibility index (Phi) is 5.14. The van der Waals surface area contributed by atoms with Crippen LogP contribution in [0.4, 0.5) is 4.39 Å². The first-order valence-electron chi connectivity index (χ1n) is 11.7. The molecule has 1 unspecified atom stereocenters. The van der Waals surface area contributed by atoms with Gasteiger partial charge in [0.05, 0.1) is 23.1 Å². The number of aromatic nitrogens is 3. The summed E-state index contributed by atoms with van der Waals surface area (Å²) in [6.45, 7) is 2.10. The van der Waals surface area contributed by atoms with E-state index in [1.165, 1.54) is 6.07 Å². The molecule has 172 valence electrons. The van der Waals surface area contributed by atoms with Crippen molar-refractivity contribution in [3.8, 4) is 11.1 Å². The molecule has 1 aromatic carbocycles. The molecule has 5 nitrogen and oxygen atoms in total. The summed E-state index contributed by atoms with van der Waals surface area (Å²) in [4.78, 5) is 17.7. The van der Waals surface area contributed by atoms with E-state index >= 15 is 0 Å². The smallest absolute Gasteiger partial charge is 0.123 e. The van der Waals surface area contributed by atoms with Crippen molar-refractivity contribution in [1.29, 1.82) is 0 Å². The lowest BCUT2D eigenvalue weighted by Crippen LogP contribution is -2.21. The molecule has 0 saturated heterocycles. The summed E-state index contributed by atoms with van der Waals surface area (Å²) in [5.41, 5.74) is 16.6. The van der Waals surface area contributed by atoms with Crippen molar-refractivity contribution in [2.75, 3.05) is 0 Å². The topological polar surface area (TPSA) is 80.0 Å². The van der Waals surface area contributed by atoms with Crippen LogP contribution in [-0.4, -0.2) is 26.7 Å². The van der Waals surface area contributed by atoms with E-state index in [9.17, 15) is 4.39 Å². The molecule has 4 heterocycles. The third kappa shape index (κ3) is 3.97. The lowest BCUT2D eigenvalue weighted by molar-refractivity contribution is 0.627. The van der Waals surface area contributed by atoms with Crippen LogP contribution in [0.25, 0.3) is 16.7 Å². The van der Waals surface area contributed by atoms with Gasteiger partial charge in [-0.05, 0) is 54.5 Å². The molecule has 1 atom stereocenters. The Bertz CT molecular complexity index is 1530. The minimum Gasteiger partial charge on any atom is -0.402 e. The summed E-state index contributed by atoms with van der Waals surface area (Å²) >= 11 is 0. The molecule has 6 heteroatoms. The highest BCUT2D eigenvalue weighted by atomic mass is 19.1. The van der Waals surface area contributed by atoms with Gasteiger partial charge in [0.15, 0.2) is 0 Å². The average molecular weight is 462 g/mol. The Labute approximate surface area is 203 Å². The Morgan fingerprint density at radius 1 is 0.971 bits per heavy atom. The Morgan fingerprint density at radius 3 is 2.69 bits per heavy atom. The molecule has 4 aromatic rings. The zero-order valence-corrected chi connectivity index (χ0v) is 19.3. The number of hydrogen-bond donors (Lipinski definition) is 2. The van der Waals surface area contributed by atoms with Gasteiger partial charge >= 0.3 is 0 Å². The molecule has 1 aliphatic heterocycles. The largest absolute Gasteiger partial charge is 0.402 e. The van der Waals surface area contributed by atoms with Crippen LogP contribution < -0.4 is 5.73 Å². The third-order valence-electron chi connectivity index (χ3n) is 6.48.